The van der Waals surface area contributed by atoms with E-state index in [1.54, 1.807) is 0 Å². The van der Waals surface area contributed by atoms with Gasteiger partial charge in [0.2, 0.25) is 5.91 Å². The first kappa shape index (κ1) is 20.8. The topological polar surface area (TPSA) is 64.7 Å². The summed E-state index contributed by atoms with van der Waals surface area (Å²) < 4.78 is 5.81. The van der Waals surface area contributed by atoms with Crippen LogP contribution in [0.5, 0.6) is 5.75 Å². The molecule has 0 unspecified atom stereocenters. The van der Waals surface area contributed by atoms with E-state index in [1.165, 1.54) is 5.69 Å². The third-order valence-corrected chi connectivity index (χ3v) is 6.34. The van der Waals surface area contributed by atoms with E-state index in [0.717, 1.165) is 73.6 Å². The van der Waals surface area contributed by atoms with Crippen molar-refractivity contribution in [2.24, 2.45) is 5.92 Å². The van der Waals surface area contributed by atoms with Crippen LogP contribution in [0, 0.1) is 5.92 Å². The third kappa shape index (κ3) is 4.43. The SMILES string of the molecule is CN(C)CCOc1ccc(-c2cc3c(N4CCN(C(=O)C5CC5)CC4)ccnc3[nH]2)cc1. The first-order valence-corrected chi connectivity index (χ1v) is 11.5. The number of amides is 1. The molecule has 2 aliphatic rings. The Kier molecular flexibility index (Phi) is 5.74. The first-order chi connectivity index (χ1) is 15.6. The van der Waals surface area contributed by atoms with E-state index in [4.69, 9.17) is 4.74 Å². The number of fused-ring (bicyclic) bond motifs is 1. The lowest BCUT2D eigenvalue weighted by Crippen LogP contribution is -2.49. The Morgan fingerprint density at radius 3 is 2.56 bits per heavy atom. The van der Waals surface area contributed by atoms with Crippen molar-refractivity contribution in [3.05, 3.63) is 42.6 Å². The molecule has 7 nitrogen and oxygen atoms in total. The van der Waals surface area contributed by atoms with Gasteiger partial charge in [-0.3, -0.25) is 4.79 Å². The number of benzene rings is 1. The zero-order valence-corrected chi connectivity index (χ0v) is 18.9. The van der Waals surface area contributed by atoms with Crippen LogP contribution in [-0.4, -0.2) is 79.1 Å². The number of likely N-dealkylation sites (N-methyl/N-ethyl adjacent to an activating group) is 1. The highest BCUT2D eigenvalue weighted by Crippen LogP contribution is 2.33. The molecule has 1 N–H and O–H groups in total. The van der Waals surface area contributed by atoms with E-state index in [0.29, 0.717) is 18.4 Å². The van der Waals surface area contributed by atoms with E-state index >= 15 is 0 Å². The summed E-state index contributed by atoms with van der Waals surface area (Å²) in [7, 11) is 4.08. The summed E-state index contributed by atoms with van der Waals surface area (Å²) in [6.45, 7) is 4.87. The molecule has 7 heteroatoms. The van der Waals surface area contributed by atoms with Crippen LogP contribution in [0.1, 0.15) is 12.8 Å². The van der Waals surface area contributed by atoms with Crippen molar-refractivity contribution < 1.29 is 9.53 Å². The van der Waals surface area contributed by atoms with Crippen molar-refractivity contribution in [2.75, 3.05) is 58.3 Å². The Morgan fingerprint density at radius 1 is 1.12 bits per heavy atom. The van der Waals surface area contributed by atoms with Crippen LogP contribution in [0.3, 0.4) is 0 Å². The monoisotopic (exact) mass is 433 g/mol. The van der Waals surface area contributed by atoms with Gasteiger partial charge in [-0.25, -0.2) is 4.98 Å². The summed E-state index contributed by atoms with van der Waals surface area (Å²) in [5.41, 5.74) is 4.22. The maximum absolute atomic E-state index is 12.4. The second-order valence-electron chi connectivity index (χ2n) is 9.04. The molecule has 1 saturated heterocycles. The molecule has 5 rings (SSSR count). The molecule has 1 aromatic carbocycles. The molecule has 168 valence electrons. The second kappa shape index (κ2) is 8.82. The lowest BCUT2D eigenvalue weighted by molar-refractivity contribution is -0.132. The lowest BCUT2D eigenvalue weighted by Gasteiger charge is -2.36. The first-order valence-electron chi connectivity index (χ1n) is 11.5. The third-order valence-electron chi connectivity index (χ3n) is 6.34. The Labute approximate surface area is 189 Å². The standard InChI is InChI=1S/C25H31N5O2/c1-28(2)15-16-32-20-7-5-18(6-8-20)22-17-21-23(9-10-26-24(21)27-22)29-11-13-30(14-12-29)25(31)19-3-4-19/h5-10,17,19H,3-4,11-16H2,1-2H3,(H,26,27). The van der Waals surface area contributed by atoms with Crippen LogP contribution in [0.15, 0.2) is 42.6 Å². The summed E-state index contributed by atoms with van der Waals surface area (Å²) in [6, 6.07) is 12.5. The van der Waals surface area contributed by atoms with Crippen LogP contribution in [0.25, 0.3) is 22.3 Å². The van der Waals surface area contributed by atoms with Crippen LogP contribution in [-0.2, 0) is 4.79 Å². The summed E-state index contributed by atoms with van der Waals surface area (Å²) in [4.78, 5) is 26.9. The maximum atomic E-state index is 12.4. The molecule has 1 aliphatic carbocycles. The number of pyridine rings is 1. The normalized spacial score (nSPS) is 16.7. The van der Waals surface area contributed by atoms with Gasteiger partial charge in [-0.2, -0.15) is 0 Å². The van der Waals surface area contributed by atoms with Gasteiger partial charge in [0.1, 0.15) is 18.0 Å². The molecule has 0 atom stereocenters. The summed E-state index contributed by atoms with van der Waals surface area (Å²) in [5.74, 6) is 1.53. The minimum Gasteiger partial charge on any atom is -0.492 e. The van der Waals surface area contributed by atoms with Gasteiger partial charge in [0.15, 0.2) is 0 Å². The molecule has 3 aromatic rings. The van der Waals surface area contributed by atoms with Crippen molar-refractivity contribution in [2.45, 2.75) is 12.8 Å². The molecule has 1 aliphatic heterocycles. The molecule has 0 spiro atoms. The van der Waals surface area contributed by atoms with Gasteiger partial charge in [-0.1, -0.05) is 0 Å². The van der Waals surface area contributed by atoms with Gasteiger partial charge < -0.3 is 24.4 Å². The van der Waals surface area contributed by atoms with E-state index in [-0.39, 0.29) is 0 Å². The van der Waals surface area contributed by atoms with Gasteiger partial charge in [0.05, 0.1) is 0 Å². The fraction of sp³-hybridized carbons (Fsp3) is 0.440. The van der Waals surface area contributed by atoms with Gasteiger partial charge in [0, 0.05) is 61.6 Å². The van der Waals surface area contributed by atoms with Gasteiger partial charge in [0.25, 0.3) is 0 Å². The number of aromatic nitrogens is 2. The van der Waals surface area contributed by atoms with Crippen molar-refractivity contribution in [3.8, 4) is 17.0 Å². The number of carbonyl (C=O) groups excluding carboxylic acids is 1. The van der Waals surface area contributed by atoms with Crippen LogP contribution in [0.2, 0.25) is 0 Å². The van der Waals surface area contributed by atoms with E-state index in [2.05, 4.69) is 44.0 Å². The Balaban J connectivity index is 1.30. The van der Waals surface area contributed by atoms with E-state index in [1.807, 2.05) is 37.3 Å². The number of aromatic amines is 1. The van der Waals surface area contributed by atoms with Crippen LogP contribution < -0.4 is 9.64 Å². The predicted molar refractivity (Wildman–Crippen MR) is 127 cm³/mol. The Morgan fingerprint density at radius 2 is 1.88 bits per heavy atom. The number of nitrogens with one attached hydrogen (secondary N) is 1. The number of hydrogen-bond donors (Lipinski definition) is 1. The van der Waals surface area contributed by atoms with Crippen molar-refractivity contribution in [1.29, 1.82) is 0 Å². The number of rotatable bonds is 7. The highest BCUT2D eigenvalue weighted by Gasteiger charge is 2.34. The smallest absolute Gasteiger partial charge is 0.225 e. The lowest BCUT2D eigenvalue weighted by atomic mass is 10.1. The van der Waals surface area contributed by atoms with E-state index in [9.17, 15) is 4.79 Å². The molecule has 2 fully saturated rings. The fourth-order valence-electron chi connectivity index (χ4n) is 4.28. The molecule has 2 aromatic heterocycles. The Hall–Kier alpha value is -3.06. The molecule has 0 radical (unpaired) electrons. The second-order valence-corrected chi connectivity index (χ2v) is 9.04. The molecule has 1 amide bonds. The predicted octanol–water partition coefficient (Wildman–Crippen LogP) is 3.23. The van der Waals surface area contributed by atoms with Crippen LogP contribution in [0.4, 0.5) is 5.69 Å². The summed E-state index contributed by atoms with van der Waals surface area (Å²) in [6.07, 6.45) is 4.00. The number of carbonyl (C=O) groups is 1. The molecule has 0 bridgehead atoms. The van der Waals surface area contributed by atoms with Crippen molar-refractivity contribution >= 4 is 22.6 Å². The molecule has 1 saturated carbocycles. The van der Waals surface area contributed by atoms with Crippen LogP contribution >= 0.6 is 0 Å². The highest BCUT2D eigenvalue weighted by molar-refractivity contribution is 5.94. The average molecular weight is 434 g/mol. The minimum absolute atomic E-state index is 0.297. The zero-order chi connectivity index (χ0) is 22.1. The van der Waals surface area contributed by atoms with Crippen molar-refractivity contribution in [1.82, 2.24) is 19.8 Å². The number of ether oxygens (including phenoxy) is 1. The largest absolute Gasteiger partial charge is 0.492 e. The number of nitrogens with zero attached hydrogens (tertiary/aromatic N) is 4. The Bertz CT molecular complexity index is 1080. The number of anilines is 1. The maximum Gasteiger partial charge on any atom is 0.225 e. The zero-order valence-electron chi connectivity index (χ0n) is 18.9. The summed E-state index contributed by atoms with van der Waals surface area (Å²) in [5, 5.41) is 1.12. The molecule has 3 heterocycles. The molecular formula is C25H31N5O2. The summed E-state index contributed by atoms with van der Waals surface area (Å²) >= 11 is 0. The fourth-order valence-corrected chi connectivity index (χ4v) is 4.28. The average Bonchev–Trinajstić information content (AvgIpc) is 3.57. The quantitative estimate of drug-likeness (QED) is 0.620. The van der Waals surface area contributed by atoms with Gasteiger partial charge >= 0.3 is 0 Å². The van der Waals surface area contributed by atoms with Gasteiger partial charge in [-0.05, 0) is 68.9 Å². The highest BCUT2D eigenvalue weighted by atomic mass is 16.5. The van der Waals surface area contributed by atoms with Crippen molar-refractivity contribution in [3.63, 3.8) is 0 Å². The molecule has 32 heavy (non-hydrogen) atoms. The number of piperazine rings is 1. The number of hydrogen-bond acceptors (Lipinski definition) is 5. The van der Waals surface area contributed by atoms with Gasteiger partial charge in [-0.15, -0.1) is 0 Å². The van der Waals surface area contributed by atoms with E-state index < -0.39 is 0 Å². The molecular weight excluding hydrogens is 402 g/mol. The minimum atomic E-state index is 0.297. The number of H-pyrrole nitrogens is 1.